The van der Waals surface area contributed by atoms with Gasteiger partial charge in [-0.15, -0.1) is 0 Å². The van der Waals surface area contributed by atoms with Crippen molar-refractivity contribution in [3.8, 4) is 0 Å². The lowest BCUT2D eigenvalue weighted by atomic mass is 9.77. The van der Waals surface area contributed by atoms with E-state index in [1.165, 1.54) is 0 Å². The molecule has 3 aromatic rings. The average Bonchev–Trinajstić information content (AvgIpc) is 3.26. The highest BCUT2D eigenvalue weighted by molar-refractivity contribution is 7.92. The third-order valence-corrected chi connectivity index (χ3v) is 8.57. The monoisotopic (exact) mass is 498 g/mol. The molecule has 3 unspecified atom stereocenters. The number of fused-ring (bicyclic) bond motifs is 3. The molecule has 33 heavy (non-hydrogen) atoms. The topological polar surface area (TPSA) is 58.2 Å². The van der Waals surface area contributed by atoms with E-state index >= 15 is 0 Å². The Morgan fingerprint density at radius 3 is 2.45 bits per heavy atom. The van der Waals surface area contributed by atoms with Crippen LogP contribution in [0.3, 0.4) is 0 Å². The lowest BCUT2D eigenvalue weighted by Gasteiger charge is -2.38. The fourth-order valence-electron chi connectivity index (χ4n) is 4.97. The Morgan fingerprint density at radius 2 is 1.73 bits per heavy atom. The van der Waals surface area contributed by atoms with Crippen molar-refractivity contribution >= 4 is 44.6 Å². The summed E-state index contributed by atoms with van der Waals surface area (Å²) in [7, 11) is -3.74. The number of aryl methyl sites for hydroxylation is 2. The quantitative estimate of drug-likeness (QED) is 0.372. The molecule has 5 rings (SSSR count). The summed E-state index contributed by atoms with van der Waals surface area (Å²) in [6.07, 6.45) is 5.23. The van der Waals surface area contributed by atoms with Crippen LogP contribution in [0.4, 0.5) is 11.4 Å². The van der Waals surface area contributed by atoms with Crippen LogP contribution in [0.5, 0.6) is 0 Å². The highest BCUT2D eigenvalue weighted by atomic mass is 35.5. The van der Waals surface area contributed by atoms with E-state index < -0.39 is 10.0 Å². The first-order valence-corrected chi connectivity index (χ1v) is 13.1. The average molecular weight is 499 g/mol. The molecule has 0 fully saturated rings. The van der Waals surface area contributed by atoms with Crippen LogP contribution >= 0.6 is 23.2 Å². The minimum absolute atomic E-state index is 0.0115. The zero-order valence-corrected chi connectivity index (χ0v) is 20.6. The van der Waals surface area contributed by atoms with Gasteiger partial charge in [-0.25, -0.2) is 8.42 Å². The molecular formula is C26H24Cl2N2O2S. The number of hydrogen-bond donors (Lipinski definition) is 2. The smallest absolute Gasteiger partial charge is 0.261 e. The third-order valence-electron chi connectivity index (χ3n) is 6.66. The van der Waals surface area contributed by atoms with Crippen LogP contribution in [-0.2, 0) is 10.0 Å². The van der Waals surface area contributed by atoms with Crippen molar-refractivity contribution < 1.29 is 8.42 Å². The molecule has 170 valence electrons. The van der Waals surface area contributed by atoms with Gasteiger partial charge in [0, 0.05) is 21.7 Å². The van der Waals surface area contributed by atoms with Gasteiger partial charge in [-0.05, 0) is 78.8 Å². The van der Waals surface area contributed by atoms with Gasteiger partial charge in [0.2, 0.25) is 0 Å². The third kappa shape index (κ3) is 4.03. The fourth-order valence-corrected chi connectivity index (χ4v) is 6.73. The van der Waals surface area contributed by atoms with Crippen molar-refractivity contribution in [3.63, 3.8) is 0 Å². The van der Waals surface area contributed by atoms with Crippen LogP contribution in [0.15, 0.2) is 71.6 Å². The summed E-state index contributed by atoms with van der Waals surface area (Å²) in [6.45, 7) is 3.80. The lowest BCUT2D eigenvalue weighted by molar-refractivity contribution is 0.425. The minimum atomic E-state index is -3.74. The van der Waals surface area contributed by atoms with Crippen molar-refractivity contribution in [2.75, 3.05) is 10.0 Å². The van der Waals surface area contributed by atoms with E-state index in [1.807, 2.05) is 50.2 Å². The summed E-state index contributed by atoms with van der Waals surface area (Å²) in [5.41, 5.74) is 5.31. The molecule has 4 nitrogen and oxygen atoms in total. The molecule has 3 atom stereocenters. The first kappa shape index (κ1) is 22.3. The number of sulfonamides is 1. The molecule has 7 heteroatoms. The van der Waals surface area contributed by atoms with Crippen LogP contribution in [0.1, 0.15) is 40.6 Å². The van der Waals surface area contributed by atoms with E-state index in [1.54, 1.807) is 18.2 Å². The number of allylic oxidation sites excluding steroid dienone is 2. The van der Waals surface area contributed by atoms with Gasteiger partial charge >= 0.3 is 0 Å². The van der Waals surface area contributed by atoms with Crippen molar-refractivity contribution in [3.05, 3.63) is 99.0 Å². The summed E-state index contributed by atoms with van der Waals surface area (Å²) < 4.78 is 29.3. The molecule has 0 spiro atoms. The van der Waals surface area contributed by atoms with Crippen molar-refractivity contribution in [2.45, 2.75) is 37.1 Å². The molecule has 0 saturated carbocycles. The standard InChI is InChI=1S/C26H24Cl2N2O2S/c1-15-5-3-6-16(2)25(15)30-33(31,32)18-10-12-24-22(14-18)19-7-4-8-20(19)26(29-24)21-11-9-17(27)13-23(21)28/h3-7,9-14,19-20,26,29-30H,8H2,1-2H3. The van der Waals surface area contributed by atoms with Crippen molar-refractivity contribution in [2.24, 2.45) is 5.92 Å². The van der Waals surface area contributed by atoms with E-state index in [9.17, 15) is 8.42 Å². The maximum Gasteiger partial charge on any atom is 0.261 e. The zero-order valence-electron chi connectivity index (χ0n) is 18.3. The van der Waals surface area contributed by atoms with E-state index in [0.29, 0.717) is 15.7 Å². The Morgan fingerprint density at radius 1 is 0.970 bits per heavy atom. The predicted octanol–water partition coefficient (Wildman–Crippen LogP) is 7.24. The number of para-hydroxylation sites is 1. The summed E-state index contributed by atoms with van der Waals surface area (Å²) in [5.74, 6) is 0.342. The Labute approximate surface area is 204 Å². The molecule has 2 N–H and O–H groups in total. The number of hydrogen-bond acceptors (Lipinski definition) is 3. The molecule has 2 aliphatic rings. The molecule has 0 saturated heterocycles. The Hall–Kier alpha value is -2.47. The largest absolute Gasteiger partial charge is 0.378 e. The number of benzene rings is 3. The van der Waals surface area contributed by atoms with Crippen LogP contribution in [0.2, 0.25) is 10.0 Å². The van der Waals surface area contributed by atoms with Crippen LogP contribution < -0.4 is 10.0 Å². The van der Waals surface area contributed by atoms with Gasteiger partial charge in [0.25, 0.3) is 10.0 Å². The van der Waals surface area contributed by atoms with Gasteiger partial charge in [0.15, 0.2) is 0 Å². The van der Waals surface area contributed by atoms with E-state index in [-0.39, 0.29) is 22.8 Å². The number of nitrogens with one attached hydrogen (secondary N) is 2. The predicted molar refractivity (Wildman–Crippen MR) is 136 cm³/mol. The Balaban J connectivity index is 1.52. The second-order valence-corrected chi connectivity index (χ2v) is 11.3. The molecular weight excluding hydrogens is 475 g/mol. The summed E-state index contributed by atoms with van der Waals surface area (Å²) in [5, 5.41) is 4.84. The first-order valence-electron chi connectivity index (χ1n) is 10.9. The van der Waals surface area contributed by atoms with Gasteiger partial charge in [-0.3, -0.25) is 4.72 Å². The summed E-state index contributed by atoms with van der Waals surface area (Å²) in [6, 6.07) is 16.6. The molecule has 3 aromatic carbocycles. The van der Waals surface area contributed by atoms with Gasteiger partial charge in [0.1, 0.15) is 0 Å². The van der Waals surface area contributed by atoms with Gasteiger partial charge < -0.3 is 5.32 Å². The second-order valence-electron chi connectivity index (χ2n) is 8.76. The van der Waals surface area contributed by atoms with Gasteiger partial charge in [-0.1, -0.05) is 59.6 Å². The Kier molecular flexibility index (Phi) is 5.68. The van der Waals surface area contributed by atoms with Crippen LogP contribution in [-0.4, -0.2) is 8.42 Å². The number of rotatable bonds is 4. The molecule has 0 bridgehead atoms. The molecule has 0 amide bonds. The minimum Gasteiger partial charge on any atom is -0.378 e. The normalized spacial score (nSPS) is 21.3. The molecule has 1 aliphatic heterocycles. The van der Waals surface area contributed by atoms with Crippen molar-refractivity contribution in [1.82, 2.24) is 0 Å². The maximum atomic E-state index is 13.3. The fraction of sp³-hybridized carbons (Fsp3) is 0.231. The van der Waals surface area contributed by atoms with Gasteiger partial charge in [-0.2, -0.15) is 0 Å². The zero-order chi connectivity index (χ0) is 23.3. The number of halogens is 2. The Bertz CT molecular complexity index is 1360. The van der Waals surface area contributed by atoms with E-state index in [2.05, 4.69) is 22.2 Å². The molecule has 1 aliphatic carbocycles. The second kappa shape index (κ2) is 8.39. The van der Waals surface area contributed by atoms with E-state index in [4.69, 9.17) is 23.2 Å². The summed E-state index contributed by atoms with van der Waals surface area (Å²) >= 11 is 12.6. The van der Waals surface area contributed by atoms with Crippen LogP contribution in [0.25, 0.3) is 0 Å². The van der Waals surface area contributed by atoms with Gasteiger partial charge in [0.05, 0.1) is 16.6 Å². The summed E-state index contributed by atoms with van der Waals surface area (Å²) in [4.78, 5) is 0.257. The van der Waals surface area contributed by atoms with E-state index in [0.717, 1.165) is 34.4 Å². The molecule has 0 aromatic heterocycles. The maximum absolute atomic E-state index is 13.3. The lowest BCUT2D eigenvalue weighted by Crippen LogP contribution is -2.29. The first-order chi connectivity index (χ1) is 15.7. The van der Waals surface area contributed by atoms with Crippen LogP contribution in [0, 0.1) is 19.8 Å². The SMILES string of the molecule is Cc1cccc(C)c1NS(=O)(=O)c1ccc2c(c1)C1C=CCC1C(c1ccc(Cl)cc1Cl)N2. The number of anilines is 2. The molecule has 1 heterocycles. The highest BCUT2D eigenvalue weighted by Gasteiger charge is 2.39. The van der Waals surface area contributed by atoms with Crippen molar-refractivity contribution in [1.29, 1.82) is 0 Å². The highest BCUT2D eigenvalue weighted by Crippen LogP contribution is 2.51. The molecule has 0 radical (unpaired) electrons.